The lowest BCUT2D eigenvalue weighted by Gasteiger charge is -2.04. The molecule has 0 unspecified atom stereocenters. The Morgan fingerprint density at radius 2 is 2.12 bits per heavy atom. The average molecular weight is 373 g/mol. The third-order valence-corrected chi connectivity index (χ3v) is 4.47. The van der Waals surface area contributed by atoms with Crippen molar-refractivity contribution in [1.82, 2.24) is 20.5 Å². The van der Waals surface area contributed by atoms with Crippen LogP contribution in [0.2, 0.25) is 5.02 Å². The van der Waals surface area contributed by atoms with Crippen molar-refractivity contribution in [1.29, 1.82) is 0 Å². The van der Waals surface area contributed by atoms with E-state index in [0.29, 0.717) is 36.1 Å². The molecule has 26 heavy (non-hydrogen) atoms. The van der Waals surface area contributed by atoms with Gasteiger partial charge in [-0.05, 0) is 37.5 Å². The molecule has 3 rings (SSSR count). The number of nitrogens with zero attached hydrogens (tertiary/aromatic N) is 2. The fraction of sp³-hybridized carbons (Fsp3) is 0.316. The molecule has 1 aromatic carbocycles. The molecule has 3 aromatic rings. The van der Waals surface area contributed by atoms with Gasteiger partial charge in [0, 0.05) is 30.6 Å². The molecular formula is C19H21ClN4O2. The van der Waals surface area contributed by atoms with Crippen molar-refractivity contribution in [2.24, 2.45) is 0 Å². The minimum atomic E-state index is -0.00795. The molecule has 0 saturated carbocycles. The Balaban J connectivity index is 1.41. The molecule has 0 bridgehead atoms. The number of carbonyl (C=O) groups excluding carboxylic acids is 1. The fourth-order valence-corrected chi connectivity index (χ4v) is 2.88. The van der Waals surface area contributed by atoms with Crippen molar-refractivity contribution in [3.8, 4) is 11.3 Å². The summed E-state index contributed by atoms with van der Waals surface area (Å²) in [7, 11) is 0. The Morgan fingerprint density at radius 3 is 2.88 bits per heavy atom. The first-order valence-corrected chi connectivity index (χ1v) is 8.96. The summed E-state index contributed by atoms with van der Waals surface area (Å²) in [5, 5.41) is 10.4. The Labute approximate surface area is 157 Å². The van der Waals surface area contributed by atoms with Crippen LogP contribution in [0.3, 0.4) is 0 Å². The van der Waals surface area contributed by atoms with E-state index in [1.165, 1.54) is 5.56 Å². The lowest BCUT2D eigenvalue weighted by Crippen LogP contribution is -2.25. The summed E-state index contributed by atoms with van der Waals surface area (Å²) < 4.78 is 5.70. The lowest BCUT2D eigenvalue weighted by atomic mass is 10.1. The highest BCUT2D eigenvalue weighted by molar-refractivity contribution is 6.33. The van der Waals surface area contributed by atoms with Gasteiger partial charge in [0.25, 0.3) is 0 Å². The second-order valence-electron chi connectivity index (χ2n) is 6.07. The molecule has 2 heterocycles. The topological polar surface area (TPSA) is 83.8 Å². The number of H-pyrrole nitrogens is 1. The van der Waals surface area contributed by atoms with Crippen LogP contribution >= 0.6 is 11.6 Å². The number of benzene rings is 1. The van der Waals surface area contributed by atoms with Crippen LogP contribution in [0.5, 0.6) is 0 Å². The molecule has 0 aliphatic carbocycles. The highest BCUT2D eigenvalue weighted by Crippen LogP contribution is 2.28. The summed E-state index contributed by atoms with van der Waals surface area (Å²) in [6.07, 6.45) is 6.04. The van der Waals surface area contributed by atoms with Gasteiger partial charge in [-0.15, -0.1) is 0 Å². The maximum absolute atomic E-state index is 12.0. The van der Waals surface area contributed by atoms with Crippen molar-refractivity contribution in [2.75, 3.05) is 6.54 Å². The Bertz CT molecular complexity index is 872. The van der Waals surface area contributed by atoms with Gasteiger partial charge in [-0.3, -0.25) is 9.89 Å². The zero-order chi connectivity index (χ0) is 18.4. The first-order chi connectivity index (χ1) is 12.6. The highest BCUT2D eigenvalue weighted by atomic mass is 35.5. The summed E-state index contributed by atoms with van der Waals surface area (Å²) in [4.78, 5) is 16.2. The van der Waals surface area contributed by atoms with E-state index >= 15 is 0 Å². The van der Waals surface area contributed by atoms with Crippen LogP contribution in [0.1, 0.15) is 30.0 Å². The molecular weight excluding hydrogens is 352 g/mol. The molecule has 2 N–H and O–H groups in total. The number of carbonyl (C=O) groups is 1. The van der Waals surface area contributed by atoms with Gasteiger partial charge in [0.2, 0.25) is 5.91 Å². The summed E-state index contributed by atoms with van der Waals surface area (Å²) in [5.74, 6) is 1.14. The van der Waals surface area contributed by atoms with Gasteiger partial charge in [-0.2, -0.15) is 5.10 Å². The maximum Gasteiger partial charge on any atom is 0.220 e. The molecule has 0 aliphatic rings. The third kappa shape index (κ3) is 4.73. The summed E-state index contributed by atoms with van der Waals surface area (Å²) in [6.45, 7) is 2.63. The Hall–Kier alpha value is -2.60. The average Bonchev–Trinajstić information content (AvgIpc) is 3.26. The third-order valence-electron chi connectivity index (χ3n) is 4.14. The molecule has 0 spiro atoms. The number of amides is 1. The van der Waals surface area contributed by atoms with Crippen LogP contribution in [0.4, 0.5) is 0 Å². The number of hydrogen-bond donors (Lipinski definition) is 2. The number of aryl methyl sites for hydroxylation is 3. The molecule has 1 amide bonds. The Kier molecular flexibility index (Phi) is 6.07. The minimum Gasteiger partial charge on any atom is -0.441 e. The molecule has 0 saturated heterocycles. The van der Waals surface area contributed by atoms with Crippen LogP contribution in [0, 0.1) is 6.92 Å². The van der Waals surface area contributed by atoms with E-state index in [1.807, 2.05) is 31.3 Å². The monoisotopic (exact) mass is 372 g/mol. The normalized spacial score (nSPS) is 10.8. The second kappa shape index (κ2) is 8.67. The van der Waals surface area contributed by atoms with Gasteiger partial charge in [0.1, 0.15) is 0 Å². The van der Waals surface area contributed by atoms with Crippen LogP contribution in [0.25, 0.3) is 11.3 Å². The standard InChI is InChI=1S/C19H21ClN4O2/c1-13-14(11-23-24-13)5-4-10-21-18(25)8-9-19-22-12-17(26-19)15-6-2-3-7-16(15)20/h2-3,6-7,11-12H,4-5,8-10H2,1H3,(H,21,25)(H,23,24). The van der Waals surface area contributed by atoms with Crippen molar-refractivity contribution < 1.29 is 9.21 Å². The molecule has 0 radical (unpaired) electrons. The Morgan fingerprint density at radius 1 is 1.27 bits per heavy atom. The molecule has 2 aromatic heterocycles. The number of aromatic nitrogens is 3. The minimum absolute atomic E-state index is 0.00795. The number of nitrogens with one attached hydrogen (secondary N) is 2. The fourth-order valence-electron chi connectivity index (χ4n) is 2.65. The van der Waals surface area contributed by atoms with Crippen molar-refractivity contribution in [2.45, 2.75) is 32.6 Å². The molecule has 136 valence electrons. The first-order valence-electron chi connectivity index (χ1n) is 8.58. The SMILES string of the molecule is Cc1[nH]ncc1CCCNC(=O)CCc1ncc(-c2ccccc2Cl)o1. The highest BCUT2D eigenvalue weighted by Gasteiger charge is 2.11. The van der Waals surface area contributed by atoms with Crippen LogP contribution < -0.4 is 5.32 Å². The summed E-state index contributed by atoms with van der Waals surface area (Å²) in [5.41, 5.74) is 3.06. The van der Waals surface area contributed by atoms with E-state index in [-0.39, 0.29) is 5.91 Å². The predicted octanol–water partition coefficient (Wildman–Crippen LogP) is 3.71. The quantitative estimate of drug-likeness (QED) is 0.590. The van der Waals surface area contributed by atoms with E-state index in [1.54, 1.807) is 12.3 Å². The van der Waals surface area contributed by atoms with Gasteiger partial charge in [-0.25, -0.2) is 4.98 Å². The summed E-state index contributed by atoms with van der Waals surface area (Å²) >= 11 is 6.16. The van der Waals surface area contributed by atoms with Crippen molar-refractivity contribution in [3.05, 3.63) is 58.8 Å². The van der Waals surface area contributed by atoms with Crippen LogP contribution in [0.15, 0.2) is 41.1 Å². The molecule has 0 atom stereocenters. The van der Waals surface area contributed by atoms with Gasteiger partial charge in [-0.1, -0.05) is 23.7 Å². The van der Waals surface area contributed by atoms with Crippen LogP contribution in [-0.2, 0) is 17.6 Å². The lowest BCUT2D eigenvalue weighted by molar-refractivity contribution is -0.121. The number of halogens is 1. The number of aromatic amines is 1. The van der Waals surface area contributed by atoms with E-state index < -0.39 is 0 Å². The largest absolute Gasteiger partial charge is 0.441 e. The second-order valence-corrected chi connectivity index (χ2v) is 6.48. The number of rotatable bonds is 8. The zero-order valence-electron chi connectivity index (χ0n) is 14.6. The van der Waals surface area contributed by atoms with Gasteiger partial charge >= 0.3 is 0 Å². The maximum atomic E-state index is 12.0. The zero-order valence-corrected chi connectivity index (χ0v) is 15.3. The van der Waals surface area contributed by atoms with E-state index in [2.05, 4.69) is 20.5 Å². The number of oxazole rings is 1. The van der Waals surface area contributed by atoms with Gasteiger partial charge in [0.05, 0.1) is 17.4 Å². The molecule has 7 heteroatoms. The molecule has 0 aliphatic heterocycles. The van der Waals surface area contributed by atoms with Gasteiger partial charge < -0.3 is 9.73 Å². The van der Waals surface area contributed by atoms with E-state index in [0.717, 1.165) is 24.1 Å². The smallest absolute Gasteiger partial charge is 0.220 e. The molecule has 0 fully saturated rings. The van der Waals surface area contributed by atoms with E-state index in [9.17, 15) is 4.79 Å². The first kappa shape index (κ1) is 18.2. The molecule has 6 nitrogen and oxygen atoms in total. The predicted molar refractivity (Wildman–Crippen MR) is 99.9 cm³/mol. The van der Waals surface area contributed by atoms with Crippen molar-refractivity contribution in [3.63, 3.8) is 0 Å². The summed E-state index contributed by atoms with van der Waals surface area (Å²) in [6, 6.07) is 7.43. The van der Waals surface area contributed by atoms with E-state index in [4.69, 9.17) is 16.0 Å². The van der Waals surface area contributed by atoms with Crippen molar-refractivity contribution >= 4 is 17.5 Å². The number of hydrogen-bond acceptors (Lipinski definition) is 4. The van der Waals surface area contributed by atoms with Crippen LogP contribution in [-0.4, -0.2) is 27.6 Å². The van der Waals surface area contributed by atoms with Gasteiger partial charge in [0.15, 0.2) is 11.7 Å².